The Hall–Kier alpha value is -5.25. The molecule has 0 radical (unpaired) electrons. The minimum atomic E-state index is -3.31. The van der Waals surface area contributed by atoms with Crippen molar-refractivity contribution in [1.29, 1.82) is 10.5 Å². The molecular weight excluding hydrogens is 546 g/mol. The minimum absolute atomic E-state index is 0.255. The van der Waals surface area contributed by atoms with Crippen molar-refractivity contribution in [3.8, 4) is 40.5 Å². The lowest BCUT2D eigenvalue weighted by Gasteiger charge is -2.12. The first-order valence-electron chi connectivity index (χ1n) is 13.5. The van der Waals surface area contributed by atoms with E-state index in [9.17, 15) is 18.9 Å². The first-order valence-corrected chi connectivity index (χ1v) is 15.4. The molecule has 1 aliphatic rings. The van der Waals surface area contributed by atoms with Crippen molar-refractivity contribution in [2.45, 2.75) is 17.7 Å². The van der Waals surface area contributed by atoms with Gasteiger partial charge in [0.2, 0.25) is 0 Å². The van der Waals surface area contributed by atoms with Crippen molar-refractivity contribution in [2.75, 3.05) is 12.9 Å². The number of pyridine rings is 1. The Balaban J connectivity index is 1.48. The SMILES string of the molecule is CS(=O)(=O)c1ccc(-c2ccc3c4nc(-c5c(C#N)cccc5C#N)nc4c4ccc(OCC5CC5)cc4c3[nH]2)cc1. The van der Waals surface area contributed by atoms with E-state index in [0.29, 0.717) is 46.1 Å². The summed E-state index contributed by atoms with van der Waals surface area (Å²) in [6.45, 7) is 0.676. The predicted octanol–water partition coefficient (Wildman–Crippen LogP) is 6.53. The lowest BCUT2D eigenvalue weighted by molar-refractivity contribution is 0.300. The highest BCUT2D eigenvalue weighted by atomic mass is 32.2. The van der Waals surface area contributed by atoms with Gasteiger partial charge in [0.15, 0.2) is 15.7 Å². The summed E-state index contributed by atoms with van der Waals surface area (Å²) in [5.74, 6) is 1.68. The zero-order chi connectivity index (χ0) is 29.0. The largest absolute Gasteiger partial charge is 0.493 e. The Morgan fingerprint density at radius 2 is 1.55 bits per heavy atom. The van der Waals surface area contributed by atoms with E-state index >= 15 is 0 Å². The number of fused-ring (bicyclic) bond motifs is 6. The van der Waals surface area contributed by atoms with Crippen LogP contribution in [0.2, 0.25) is 0 Å². The first kappa shape index (κ1) is 25.7. The van der Waals surface area contributed by atoms with E-state index in [1.165, 1.54) is 19.1 Å². The van der Waals surface area contributed by atoms with Gasteiger partial charge in [-0.15, -0.1) is 0 Å². The summed E-state index contributed by atoms with van der Waals surface area (Å²) in [5, 5.41) is 22.1. The molecule has 4 aromatic carbocycles. The van der Waals surface area contributed by atoms with E-state index in [-0.39, 0.29) is 4.90 Å². The third kappa shape index (κ3) is 4.41. The fraction of sp³-hybridized carbons (Fsp3) is 0.152. The van der Waals surface area contributed by atoms with Gasteiger partial charge >= 0.3 is 0 Å². The second-order valence-electron chi connectivity index (χ2n) is 10.6. The third-order valence-corrected chi connectivity index (χ3v) is 8.81. The number of hydrogen-bond donors (Lipinski definition) is 1. The maximum absolute atomic E-state index is 12.0. The number of sulfone groups is 1. The topological polar surface area (TPSA) is 133 Å². The average Bonchev–Trinajstić information content (AvgIpc) is 3.74. The molecule has 7 rings (SSSR count). The van der Waals surface area contributed by atoms with Crippen molar-refractivity contribution in [2.24, 2.45) is 5.92 Å². The number of ether oxygens (including phenoxy) is 1. The van der Waals surface area contributed by atoms with E-state index < -0.39 is 9.84 Å². The van der Waals surface area contributed by atoms with Crippen LogP contribution in [0.3, 0.4) is 0 Å². The third-order valence-electron chi connectivity index (χ3n) is 7.68. The molecule has 6 aromatic rings. The van der Waals surface area contributed by atoms with Gasteiger partial charge in [-0.05, 0) is 78.9 Å². The predicted molar refractivity (Wildman–Crippen MR) is 161 cm³/mol. The van der Waals surface area contributed by atoms with Crippen molar-refractivity contribution in [1.82, 2.24) is 15.0 Å². The van der Waals surface area contributed by atoms with Crippen LogP contribution in [0, 0.1) is 28.6 Å². The number of imidazole rings is 1. The van der Waals surface area contributed by atoms with E-state index in [2.05, 4.69) is 17.1 Å². The highest BCUT2D eigenvalue weighted by Gasteiger charge is 2.23. The summed E-state index contributed by atoms with van der Waals surface area (Å²) in [6, 6.07) is 25.9. The summed E-state index contributed by atoms with van der Waals surface area (Å²) in [5.41, 5.74) is 4.83. The Bertz CT molecular complexity index is 2220. The molecule has 2 heterocycles. The van der Waals surface area contributed by atoms with E-state index in [4.69, 9.17) is 14.7 Å². The van der Waals surface area contributed by atoms with Crippen LogP contribution in [0.5, 0.6) is 5.75 Å². The lowest BCUT2D eigenvalue weighted by Crippen LogP contribution is -1.99. The molecule has 2 aromatic heterocycles. The summed E-state index contributed by atoms with van der Waals surface area (Å²) >= 11 is 0. The average molecular weight is 570 g/mol. The smallest absolute Gasteiger partial charge is 0.175 e. The Labute approximate surface area is 241 Å². The van der Waals surface area contributed by atoms with E-state index in [1.807, 2.05) is 30.3 Å². The van der Waals surface area contributed by atoms with Gasteiger partial charge in [-0.25, -0.2) is 18.4 Å². The van der Waals surface area contributed by atoms with Crippen LogP contribution in [-0.4, -0.2) is 36.2 Å². The van der Waals surface area contributed by atoms with E-state index in [1.54, 1.807) is 42.5 Å². The second kappa shape index (κ2) is 9.69. The van der Waals surface area contributed by atoms with Crippen molar-refractivity contribution >= 4 is 42.5 Å². The quantitative estimate of drug-likeness (QED) is 0.225. The number of rotatable bonds is 6. The van der Waals surface area contributed by atoms with Crippen LogP contribution >= 0.6 is 0 Å². The zero-order valence-corrected chi connectivity index (χ0v) is 23.4. The Kier molecular flexibility index (Phi) is 5.93. The summed E-state index contributed by atoms with van der Waals surface area (Å²) in [4.78, 5) is 13.6. The summed E-state index contributed by atoms with van der Waals surface area (Å²) < 4.78 is 30.1. The fourth-order valence-corrected chi connectivity index (χ4v) is 5.92. The molecule has 1 aliphatic carbocycles. The van der Waals surface area contributed by atoms with Crippen LogP contribution in [0.4, 0.5) is 0 Å². The standard InChI is InChI=1S/C33H23N5O3S/c1-42(39,40)24-10-7-20(8-11-24)28-14-13-26-30(36-28)27-15-23(41-18-19-5-6-19)9-12-25(27)31-32(26)38-33(37-31)29-21(16-34)3-2-4-22(29)17-35/h2-4,7-15,19,36H,5-6,18H2,1H3. The molecule has 0 saturated heterocycles. The van der Waals surface area contributed by atoms with Gasteiger partial charge < -0.3 is 9.72 Å². The number of H-pyrrole nitrogens is 1. The maximum Gasteiger partial charge on any atom is 0.175 e. The lowest BCUT2D eigenvalue weighted by atomic mass is 10.0. The van der Waals surface area contributed by atoms with Crippen molar-refractivity contribution < 1.29 is 13.2 Å². The van der Waals surface area contributed by atoms with Gasteiger partial charge in [-0.1, -0.05) is 18.2 Å². The molecule has 8 nitrogen and oxygen atoms in total. The van der Waals surface area contributed by atoms with Gasteiger partial charge in [0, 0.05) is 28.1 Å². The van der Waals surface area contributed by atoms with Crippen molar-refractivity contribution in [3.63, 3.8) is 0 Å². The van der Waals surface area contributed by atoms with Crippen LogP contribution < -0.4 is 4.74 Å². The molecule has 0 spiro atoms. The van der Waals surface area contributed by atoms with Gasteiger partial charge in [0.05, 0.1) is 51.4 Å². The number of hydrogen-bond acceptors (Lipinski definition) is 7. The molecule has 1 N–H and O–H groups in total. The Morgan fingerprint density at radius 3 is 2.19 bits per heavy atom. The molecule has 0 aliphatic heterocycles. The Morgan fingerprint density at radius 1 is 0.881 bits per heavy atom. The van der Waals surface area contributed by atoms with Crippen molar-refractivity contribution in [3.05, 3.63) is 83.9 Å². The molecular formula is C33H23N5O3S. The van der Waals surface area contributed by atoms with Gasteiger partial charge in [0.1, 0.15) is 11.3 Å². The first-order chi connectivity index (χ1) is 20.3. The fourth-order valence-electron chi connectivity index (χ4n) is 5.29. The molecule has 0 amide bonds. The van der Waals surface area contributed by atoms with Gasteiger partial charge in [-0.3, -0.25) is 0 Å². The molecule has 0 unspecified atom stereocenters. The number of benzene rings is 4. The highest BCUT2D eigenvalue weighted by Crippen LogP contribution is 2.39. The number of aromatic amines is 1. The summed E-state index contributed by atoms with van der Waals surface area (Å²) in [6.07, 6.45) is 3.56. The molecule has 9 heteroatoms. The highest BCUT2D eigenvalue weighted by molar-refractivity contribution is 7.90. The molecule has 42 heavy (non-hydrogen) atoms. The van der Waals surface area contributed by atoms with Crippen LogP contribution in [0.25, 0.3) is 55.4 Å². The number of nitriles is 2. The normalized spacial score (nSPS) is 13.3. The maximum atomic E-state index is 12.0. The minimum Gasteiger partial charge on any atom is -0.493 e. The second-order valence-corrected chi connectivity index (χ2v) is 12.6. The van der Waals surface area contributed by atoms with Gasteiger partial charge in [0.25, 0.3) is 0 Å². The molecule has 1 fully saturated rings. The zero-order valence-electron chi connectivity index (χ0n) is 22.5. The molecule has 1 saturated carbocycles. The van der Waals surface area contributed by atoms with Crippen LogP contribution in [-0.2, 0) is 9.84 Å². The summed E-state index contributed by atoms with van der Waals surface area (Å²) in [7, 11) is -3.31. The molecule has 204 valence electrons. The van der Waals surface area contributed by atoms with Crippen LogP contribution in [0.15, 0.2) is 77.7 Å². The number of nitrogens with zero attached hydrogens (tertiary/aromatic N) is 4. The molecule has 0 atom stereocenters. The monoisotopic (exact) mass is 569 g/mol. The van der Waals surface area contributed by atoms with Crippen LogP contribution in [0.1, 0.15) is 24.0 Å². The molecule has 0 bridgehead atoms. The number of aromatic nitrogens is 3. The van der Waals surface area contributed by atoms with E-state index in [0.717, 1.165) is 38.7 Å². The number of nitrogens with one attached hydrogen (secondary N) is 1. The van der Waals surface area contributed by atoms with Gasteiger partial charge in [-0.2, -0.15) is 10.5 Å².